The molecular formula is C20H24Cl2N2O3S2. The Morgan fingerprint density at radius 1 is 1.07 bits per heavy atom. The number of hydrogen-bond donors (Lipinski definition) is 2. The summed E-state index contributed by atoms with van der Waals surface area (Å²) in [6.07, 6.45) is 0. The van der Waals surface area contributed by atoms with Crippen LogP contribution in [-0.4, -0.2) is 37.9 Å². The van der Waals surface area contributed by atoms with Crippen molar-refractivity contribution in [1.29, 1.82) is 0 Å². The lowest BCUT2D eigenvalue weighted by atomic mass is 10.3. The van der Waals surface area contributed by atoms with Gasteiger partial charge in [0, 0.05) is 17.0 Å². The molecular weight excluding hydrogens is 451 g/mol. The van der Waals surface area contributed by atoms with Crippen LogP contribution in [0.3, 0.4) is 0 Å². The highest BCUT2D eigenvalue weighted by atomic mass is 35.5. The molecule has 0 aliphatic carbocycles. The van der Waals surface area contributed by atoms with Gasteiger partial charge in [0.05, 0.1) is 27.2 Å². The van der Waals surface area contributed by atoms with E-state index in [-0.39, 0.29) is 37.0 Å². The van der Waals surface area contributed by atoms with E-state index in [0.29, 0.717) is 12.2 Å². The van der Waals surface area contributed by atoms with E-state index in [4.69, 9.17) is 23.2 Å². The topological polar surface area (TPSA) is 75.3 Å². The summed E-state index contributed by atoms with van der Waals surface area (Å²) in [4.78, 5) is 12.0. The van der Waals surface area contributed by atoms with Crippen LogP contribution in [0.25, 0.3) is 0 Å². The number of anilines is 1. The molecule has 0 aromatic heterocycles. The number of hydrogen-bond acceptors (Lipinski definition) is 5. The van der Waals surface area contributed by atoms with E-state index < -0.39 is 9.84 Å². The Labute approximate surface area is 186 Å². The van der Waals surface area contributed by atoms with Gasteiger partial charge in [-0.1, -0.05) is 62.2 Å². The van der Waals surface area contributed by atoms with E-state index in [1.807, 2.05) is 0 Å². The third-order valence-corrected chi connectivity index (χ3v) is 7.83. The number of carbonyl (C=O) groups excluding carboxylic acids is 1. The van der Waals surface area contributed by atoms with Gasteiger partial charge in [-0.05, 0) is 24.3 Å². The lowest BCUT2D eigenvalue weighted by Gasteiger charge is -2.17. The average Bonchev–Trinajstić information content (AvgIpc) is 2.64. The fourth-order valence-electron chi connectivity index (χ4n) is 2.42. The van der Waals surface area contributed by atoms with E-state index in [2.05, 4.69) is 31.4 Å². The Kier molecular flexibility index (Phi) is 8.28. The summed E-state index contributed by atoms with van der Waals surface area (Å²) >= 11 is 14.3. The Balaban J connectivity index is 2.08. The van der Waals surface area contributed by atoms with Crippen molar-refractivity contribution in [2.75, 3.05) is 24.2 Å². The molecule has 0 fully saturated rings. The molecule has 9 heteroatoms. The highest BCUT2D eigenvalue weighted by molar-refractivity contribution is 8.00. The summed E-state index contributed by atoms with van der Waals surface area (Å²) in [6.45, 7) is 6.86. The van der Waals surface area contributed by atoms with Gasteiger partial charge in [-0.3, -0.25) is 4.79 Å². The summed E-state index contributed by atoms with van der Waals surface area (Å²) < 4.78 is 26.0. The molecule has 0 saturated carbocycles. The third-order valence-electron chi connectivity index (χ3n) is 3.77. The van der Waals surface area contributed by atoms with Crippen LogP contribution in [0.5, 0.6) is 0 Å². The molecule has 0 atom stereocenters. The SMILES string of the molecule is CC(C)(C)SCCNC(=O)CNc1ccc(Cl)c(S(=O)(=O)c2ccccc2)c1Cl. The second-order valence-corrected chi connectivity index (χ2v) is 11.8. The normalized spacial score (nSPS) is 11.9. The zero-order chi connectivity index (χ0) is 21.7. The largest absolute Gasteiger partial charge is 0.375 e. The van der Waals surface area contributed by atoms with E-state index in [1.54, 1.807) is 36.0 Å². The molecule has 2 aromatic rings. The minimum Gasteiger partial charge on any atom is -0.375 e. The Hall–Kier alpha value is -1.41. The van der Waals surface area contributed by atoms with Crippen LogP contribution in [0.15, 0.2) is 52.3 Å². The van der Waals surface area contributed by atoms with Gasteiger partial charge in [0.2, 0.25) is 15.7 Å². The van der Waals surface area contributed by atoms with Crippen molar-refractivity contribution in [2.45, 2.75) is 35.3 Å². The van der Waals surface area contributed by atoms with Crippen LogP contribution in [0, 0.1) is 0 Å². The average molecular weight is 475 g/mol. The van der Waals surface area contributed by atoms with Crippen molar-refractivity contribution in [3.05, 3.63) is 52.5 Å². The zero-order valence-corrected chi connectivity index (χ0v) is 19.6. The molecule has 0 heterocycles. The second kappa shape index (κ2) is 10.1. The molecule has 158 valence electrons. The number of halogens is 2. The van der Waals surface area contributed by atoms with Crippen molar-refractivity contribution in [2.24, 2.45) is 0 Å². The summed E-state index contributed by atoms with van der Waals surface area (Å²) in [5.74, 6) is 0.592. The van der Waals surface area contributed by atoms with Gasteiger partial charge in [0.25, 0.3) is 0 Å². The molecule has 2 rings (SSSR count). The first-order valence-electron chi connectivity index (χ1n) is 8.95. The van der Waals surface area contributed by atoms with Crippen molar-refractivity contribution >= 4 is 56.4 Å². The van der Waals surface area contributed by atoms with Gasteiger partial charge in [0.1, 0.15) is 4.90 Å². The van der Waals surface area contributed by atoms with E-state index in [0.717, 1.165) is 5.75 Å². The molecule has 29 heavy (non-hydrogen) atoms. The smallest absolute Gasteiger partial charge is 0.239 e. The zero-order valence-electron chi connectivity index (χ0n) is 16.5. The van der Waals surface area contributed by atoms with Crippen LogP contribution in [0.2, 0.25) is 10.0 Å². The minimum absolute atomic E-state index is 0.0214. The van der Waals surface area contributed by atoms with Crippen LogP contribution in [0.4, 0.5) is 5.69 Å². The summed E-state index contributed by atoms with van der Waals surface area (Å²) in [5.41, 5.74) is 0.324. The molecule has 1 amide bonds. The van der Waals surface area contributed by atoms with Crippen LogP contribution < -0.4 is 10.6 Å². The van der Waals surface area contributed by atoms with E-state index in [9.17, 15) is 13.2 Å². The number of rotatable bonds is 8. The first-order chi connectivity index (χ1) is 13.5. The number of carbonyl (C=O) groups is 1. The molecule has 2 aromatic carbocycles. The molecule has 0 unspecified atom stereocenters. The first-order valence-corrected chi connectivity index (χ1v) is 12.2. The van der Waals surface area contributed by atoms with Gasteiger partial charge in [-0.15, -0.1) is 0 Å². The monoisotopic (exact) mass is 474 g/mol. The molecule has 2 N–H and O–H groups in total. The summed E-state index contributed by atoms with van der Waals surface area (Å²) in [5, 5.41) is 5.68. The van der Waals surface area contributed by atoms with E-state index in [1.165, 1.54) is 18.2 Å². The maximum absolute atomic E-state index is 12.9. The van der Waals surface area contributed by atoms with Crippen molar-refractivity contribution in [1.82, 2.24) is 5.32 Å². The number of sulfone groups is 1. The van der Waals surface area contributed by atoms with E-state index >= 15 is 0 Å². The lowest BCUT2D eigenvalue weighted by Crippen LogP contribution is -2.32. The van der Waals surface area contributed by atoms with Gasteiger partial charge < -0.3 is 10.6 Å². The van der Waals surface area contributed by atoms with Crippen molar-refractivity contribution in [3.63, 3.8) is 0 Å². The van der Waals surface area contributed by atoms with Gasteiger partial charge in [-0.25, -0.2) is 8.42 Å². The number of nitrogens with one attached hydrogen (secondary N) is 2. The summed E-state index contributed by atoms with van der Waals surface area (Å²) in [6, 6.07) is 10.9. The van der Waals surface area contributed by atoms with Crippen LogP contribution in [-0.2, 0) is 14.6 Å². The quantitative estimate of drug-likeness (QED) is 0.532. The van der Waals surface area contributed by atoms with Gasteiger partial charge in [-0.2, -0.15) is 11.8 Å². The highest BCUT2D eigenvalue weighted by Gasteiger charge is 2.26. The highest BCUT2D eigenvalue weighted by Crippen LogP contribution is 2.38. The van der Waals surface area contributed by atoms with Gasteiger partial charge >= 0.3 is 0 Å². The molecule has 0 saturated heterocycles. The Morgan fingerprint density at radius 2 is 1.72 bits per heavy atom. The molecule has 0 radical (unpaired) electrons. The van der Waals surface area contributed by atoms with Gasteiger partial charge in [0.15, 0.2) is 0 Å². The molecule has 5 nitrogen and oxygen atoms in total. The fourth-order valence-corrected chi connectivity index (χ4v) is 5.70. The first kappa shape index (κ1) is 23.9. The minimum atomic E-state index is -3.90. The number of thioether (sulfide) groups is 1. The lowest BCUT2D eigenvalue weighted by molar-refractivity contribution is -0.119. The van der Waals surface area contributed by atoms with Crippen LogP contribution in [0.1, 0.15) is 20.8 Å². The van der Waals surface area contributed by atoms with Crippen LogP contribution >= 0.6 is 35.0 Å². The number of amides is 1. The van der Waals surface area contributed by atoms with Crippen molar-refractivity contribution < 1.29 is 13.2 Å². The molecule has 0 bridgehead atoms. The predicted octanol–water partition coefficient (Wildman–Crippen LogP) is 4.89. The Morgan fingerprint density at radius 3 is 2.34 bits per heavy atom. The molecule has 0 aliphatic rings. The maximum atomic E-state index is 12.9. The molecule has 0 aliphatic heterocycles. The number of benzene rings is 2. The Bertz CT molecular complexity index is 960. The maximum Gasteiger partial charge on any atom is 0.239 e. The molecule has 0 spiro atoms. The predicted molar refractivity (Wildman–Crippen MR) is 122 cm³/mol. The second-order valence-electron chi connectivity index (χ2n) is 7.22. The summed E-state index contributed by atoms with van der Waals surface area (Å²) in [7, 11) is -3.90. The van der Waals surface area contributed by atoms with Crippen molar-refractivity contribution in [3.8, 4) is 0 Å². The standard InChI is InChI=1S/C20H24Cl2N2O3S2/c1-20(2,3)28-12-11-23-17(25)13-24-16-10-9-15(21)19(18(16)22)29(26,27)14-7-5-4-6-8-14/h4-10,24H,11-13H2,1-3H3,(H,23,25). The third kappa shape index (κ3) is 6.81. The fraction of sp³-hybridized carbons (Fsp3) is 0.350.